The minimum atomic E-state index is -1.69. The molecule has 0 bridgehead atoms. The Morgan fingerprint density at radius 1 is 1.70 bits per heavy atom. The van der Waals surface area contributed by atoms with E-state index in [1.165, 1.54) is 0 Å². The molecule has 1 aliphatic heterocycles. The Hall–Kier alpha value is -0.350. The molecule has 10 heavy (non-hydrogen) atoms. The van der Waals surface area contributed by atoms with E-state index in [9.17, 15) is 4.21 Å². The van der Waals surface area contributed by atoms with Crippen LogP contribution in [-0.2, 0) is 11.1 Å². The molecule has 3 nitrogen and oxygen atoms in total. The number of nitrogens with zero attached hydrogens (tertiary/aromatic N) is 1. The lowest BCUT2D eigenvalue weighted by Gasteiger charge is -2.20. The van der Waals surface area contributed by atoms with Crippen molar-refractivity contribution in [3.63, 3.8) is 0 Å². The Labute approximate surface area is 63.0 Å². The van der Waals surface area contributed by atoms with Gasteiger partial charge in [0, 0.05) is 6.54 Å². The molecule has 0 aromatic rings. The number of hydrogen-bond acceptors (Lipinski definition) is 2. The Morgan fingerprint density at radius 2 is 2.50 bits per heavy atom. The molecule has 0 spiro atoms. The van der Waals surface area contributed by atoms with Gasteiger partial charge in [-0.2, -0.15) is 0 Å². The first-order valence-corrected chi connectivity index (χ1v) is 4.55. The zero-order valence-electron chi connectivity index (χ0n) is 5.69. The van der Waals surface area contributed by atoms with Crippen molar-refractivity contribution in [3.8, 4) is 0 Å². The maximum atomic E-state index is 10.3. The second-order valence-corrected chi connectivity index (χ2v) is 3.19. The van der Waals surface area contributed by atoms with Crippen LogP contribution in [0.5, 0.6) is 0 Å². The molecule has 0 amide bonds. The third kappa shape index (κ3) is 2.49. The minimum Gasteiger partial charge on any atom is -0.364 e. The SMILES string of the molecule is O=S(O)CN1C=CCCC1. The fraction of sp³-hybridized carbons (Fsp3) is 0.667. The van der Waals surface area contributed by atoms with Crippen molar-refractivity contribution in [3.05, 3.63) is 12.3 Å². The van der Waals surface area contributed by atoms with Gasteiger partial charge in [-0.15, -0.1) is 0 Å². The van der Waals surface area contributed by atoms with Crippen molar-refractivity contribution >= 4 is 11.1 Å². The van der Waals surface area contributed by atoms with Crippen LogP contribution in [0.2, 0.25) is 0 Å². The summed E-state index contributed by atoms with van der Waals surface area (Å²) in [7, 11) is 0. The molecule has 1 rings (SSSR count). The molecule has 1 unspecified atom stereocenters. The molecule has 0 saturated heterocycles. The monoisotopic (exact) mass is 161 g/mol. The Morgan fingerprint density at radius 3 is 3.00 bits per heavy atom. The summed E-state index contributed by atoms with van der Waals surface area (Å²) in [4.78, 5) is 1.86. The lowest BCUT2D eigenvalue weighted by molar-refractivity contribution is 0.395. The molecule has 1 heterocycles. The van der Waals surface area contributed by atoms with Gasteiger partial charge >= 0.3 is 0 Å². The van der Waals surface area contributed by atoms with Crippen molar-refractivity contribution in [1.82, 2.24) is 4.90 Å². The van der Waals surface area contributed by atoms with Crippen LogP contribution in [0.4, 0.5) is 0 Å². The smallest absolute Gasteiger partial charge is 0.173 e. The van der Waals surface area contributed by atoms with Gasteiger partial charge in [0.2, 0.25) is 0 Å². The van der Waals surface area contributed by atoms with Crippen molar-refractivity contribution in [2.75, 3.05) is 12.4 Å². The maximum Gasteiger partial charge on any atom is 0.173 e. The molecule has 0 fully saturated rings. The highest BCUT2D eigenvalue weighted by atomic mass is 32.2. The highest BCUT2D eigenvalue weighted by molar-refractivity contribution is 7.79. The highest BCUT2D eigenvalue weighted by Crippen LogP contribution is 2.04. The highest BCUT2D eigenvalue weighted by Gasteiger charge is 2.04. The Bertz CT molecular complexity index is 158. The second kappa shape index (κ2) is 3.73. The summed E-state index contributed by atoms with van der Waals surface area (Å²) in [5.74, 6) is 0.247. The zero-order valence-corrected chi connectivity index (χ0v) is 6.51. The summed E-state index contributed by atoms with van der Waals surface area (Å²) in [5.41, 5.74) is 0. The molecule has 1 atom stereocenters. The Balaban J connectivity index is 2.33. The molecule has 1 N–H and O–H groups in total. The maximum absolute atomic E-state index is 10.3. The van der Waals surface area contributed by atoms with Crippen LogP contribution in [0.3, 0.4) is 0 Å². The van der Waals surface area contributed by atoms with Gasteiger partial charge in [0.05, 0.1) is 0 Å². The quantitative estimate of drug-likeness (QED) is 0.608. The topological polar surface area (TPSA) is 40.5 Å². The lowest BCUT2D eigenvalue weighted by Crippen LogP contribution is -2.24. The predicted molar refractivity (Wildman–Crippen MR) is 40.7 cm³/mol. The van der Waals surface area contributed by atoms with E-state index >= 15 is 0 Å². The zero-order chi connectivity index (χ0) is 7.40. The van der Waals surface area contributed by atoms with Gasteiger partial charge in [-0.1, -0.05) is 6.08 Å². The van der Waals surface area contributed by atoms with Crippen LogP contribution in [0.1, 0.15) is 12.8 Å². The van der Waals surface area contributed by atoms with Crippen LogP contribution < -0.4 is 0 Å². The summed E-state index contributed by atoms with van der Waals surface area (Å²) in [6, 6.07) is 0. The normalized spacial score (nSPS) is 21.1. The van der Waals surface area contributed by atoms with Crippen LogP contribution >= 0.6 is 0 Å². The van der Waals surface area contributed by atoms with Crippen LogP contribution in [0.15, 0.2) is 12.3 Å². The van der Waals surface area contributed by atoms with Gasteiger partial charge in [-0.3, -0.25) is 0 Å². The van der Waals surface area contributed by atoms with E-state index in [1.807, 2.05) is 17.2 Å². The average molecular weight is 161 g/mol. The van der Waals surface area contributed by atoms with E-state index < -0.39 is 11.1 Å². The number of allylic oxidation sites excluding steroid dienone is 1. The molecule has 0 aromatic heterocycles. The van der Waals surface area contributed by atoms with E-state index in [2.05, 4.69) is 0 Å². The van der Waals surface area contributed by atoms with E-state index in [-0.39, 0.29) is 5.88 Å². The summed E-state index contributed by atoms with van der Waals surface area (Å²) in [6.45, 7) is 0.906. The molecule has 1 aliphatic rings. The molecule has 0 radical (unpaired) electrons. The van der Waals surface area contributed by atoms with Gasteiger partial charge in [0.1, 0.15) is 5.88 Å². The summed E-state index contributed by atoms with van der Waals surface area (Å²) in [5, 5.41) is 0. The summed E-state index contributed by atoms with van der Waals surface area (Å²) < 4.78 is 18.8. The number of rotatable bonds is 2. The van der Waals surface area contributed by atoms with Crippen LogP contribution in [-0.4, -0.2) is 26.1 Å². The minimum absolute atomic E-state index is 0.247. The first-order chi connectivity index (χ1) is 4.79. The predicted octanol–water partition coefficient (Wildman–Crippen LogP) is 0.775. The number of hydrogen-bond donors (Lipinski definition) is 1. The van der Waals surface area contributed by atoms with Gasteiger partial charge in [0.15, 0.2) is 11.1 Å². The van der Waals surface area contributed by atoms with E-state index in [0.717, 1.165) is 19.4 Å². The van der Waals surface area contributed by atoms with E-state index in [4.69, 9.17) is 4.55 Å². The molecular weight excluding hydrogens is 150 g/mol. The van der Waals surface area contributed by atoms with Crippen molar-refractivity contribution in [2.24, 2.45) is 0 Å². The molecule has 58 valence electrons. The van der Waals surface area contributed by atoms with Crippen LogP contribution in [0, 0.1) is 0 Å². The fourth-order valence-corrected chi connectivity index (χ4v) is 1.46. The van der Waals surface area contributed by atoms with Gasteiger partial charge in [0.25, 0.3) is 0 Å². The largest absolute Gasteiger partial charge is 0.364 e. The van der Waals surface area contributed by atoms with Gasteiger partial charge in [-0.05, 0) is 19.0 Å². The molecule has 0 saturated carbocycles. The van der Waals surface area contributed by atoms with E-state index in [0.29, 0.717) is 0 Å². The van der Waals surface area contributed by atoms with Gasteiger partial charge < -0.3 is 9.45 Å². The third-order valence-corrected chi connectivity index (χ3v) is 1.96. The fourth-order valence-electron chi connectivity index (χ4n) is 0.960. The van der Waals surface area contributed by atoms with Crippen molar-refractivity contribution in [1.29, 1.82) is 0 Å². The van der Waals surface area contributed by atoms with Crippen LogP contribution in [0.25, 0.3) is 0 Å². The van der Waals surface area contributed by atoms with Crippen molar-refractivity contribution < 1.29 is 8.76 Å². The van der Waals surface area contributed by atoms with Gasteiger partial charge in [-0.25, -0.2) is 4.21 Å². The van der Waals surface area contributed by atoms with Crippen molar-refractivity contribution in [2.45, 2.75) is 12.8 Å². The molecule has 0 aromatic carbocycles. The first kappa shape index (κ1) is 7.75. The second-order valence-electron chi connectivity index (χ2n) is 2.29. The Kier molecular flexibility index (Phi) is 2.89. The molecule has 0 aliphatic carbocycles. The molecular formula is C6H11NO2S. The average Bonchev–Trinajstić information content (AvgIpc) is 1.88. The first-order valence-electron chi connectivity index (χ1n) is 3.27. The van der Waals surface area contributed by atoms with E-state index in [1.54, 1.807) is 0 Å². The summed E-state index contributed by atoms with van der Waals surface area (Å²) in [6.07, 6.45) is 6.09. The lowest BCUT2D eigenvalue weighted by atomic mass is 10.2. The third-order valence-electron chi connectivity index (χ3n) is 1.41. The standard InChI is InChI=1S/C6H11NO2S/c8-10(9)6-7-4-2-1-3-5-7/h2,4H,1,3,5-6H2,(H,8,9). The molecule has 4 heteroatoms. The summed E-state index contributed by atoms with van der Waals surface area (Å²) >= 11 is -1.69.